The van der Waals surface area contributed by atoms with Gasteiger partial charge in [0, 0.05) is 34.6 Å². The van der Waals surface area contributed by atoms with E-state index in [1.165, 1.54) is 5.56 Å². The third-order valence-corrected chi connectivity index (χ3v) is 7.47. The van der Waals surface area contributed by atoms with Crippen molar-refractivity contribution in [2.75, 3.05) is 13.1 Å². The van der Waals surface area contributed by atoms with Gasteiger partial charge in [0.15, 0.2) is 0 Å². The van der Waals surface area contributed by atoms with E-state index in [4.69, 9.17) is 0 Å². The van der Waals surface area contributed by atoms with Gasteiger partial charge < -0.3 is 0 Å². The molecule has 134 valence electrons. The van der Waals surface area contributed by atoms with Crippen LogP contribution >= 0.6 is 31.9 Å². The van der Waals surface area contributed by atoms with E-state index < -0.39 is 15.8 Å². The summed E-state index contributed by atoms with van der Waals surface area (Å²) in [5.74, 6) is -0.507. The Morgan fingerprint density at radius 2 is 1.80 bits per heavy atom. The van der Waals surface area contributed by atoms with Gasteiger partial charge in [-0.15, -0.1) is 0 Å². The SMILES string of the molecule is O=S(=O)(NC1CCN(Cc2ccccc2)C1)c1c(Br)cc(F)cc1Br. The van der Waals surface area contributed by atoms with Crippen LogP contribution in [-0.4, -0.2) is 32.4 Å². The molecule has 2 aromatic carbocycles. The average molecular weight is 492 g/mol. The fraction of sp³-hybridized carbons (Fsp3) is 0.294. The van der Waals surface area contributed by atoms with Crippen LogP contribution < -0.4 is 4.72 Å². The molecule has 0 radical (unpaired) electrons. The highest BCUT2D eigenvalue weighted by Crippen LogP contribution is 2.31. The third kappa shape index (κ3) is 4.68. The molecule has 1 saturated heterocycles. The minimum Gasteiger partial charge on any atom is -0.297 e. The molecule has 0 spiro atoms. The van der Waals surface area contributed by atoms with Gasteiger partial charge in [0.2, 0.25) is 10.0 Å². The smallest absolute Gasteiger partial charge is 0.243 e. The molecule has 0 aromatic heterocycles. The second-order valence-corrected chi connectivity index (χ2v) is 9.39. The first-order valence-electron chi connectivity index (χ1n) is 7.78. The largest absolute Gasteiger partial charge is 0.297 e. The molecule has 1 heterocycles. The molecule has 3 rings (SSSR count). The predicted molar refractivity (Wildman–Crippen MR) is 102 cm³/mol. The summed E-state index contributed by atoms with van der Waals surface area (Å²) in [6.45, 7) is 2.27. The van der Waals surface area contributed by atoms with Crippen molar-refractivity contribution in [1.29, 1.82) is 0 Å². The van der Waals surface area contributed by atoms with Gasteiger partial charge in [-0.2, -0.15) is 0 Å². The van der Waals surface area contributed by atoms with E-state index in [2.05, 4.69) is 53.6 Å². The summed E-state index contributed by atoms with van der Waals surface area (Å²) >= 11 is 6.28. The number of rotatable bonds is 5. The van der Waals surface area contributed by atoms with Crippen molar-refractivity contribution in [2.24, 2.45) is 0 Å². The van der Waals surface area contributed by atoms with E-state index in [0.29, 0.717) is 6.54 Å². The average Bonchev–Trinajstić information content (AvgIpc) is 2.93. The van der Waals surface area contributed by atoms with E-state index >= 15 is 0 Å². The lowest BCUT2D eigenvalue weighted by Crippen LogP contribution is -2.37. The molecular formula is C17H17Br2FN2O2S. The molecule has 8 heteroatoms. The summed E-state index contributed by atoms with van der Waals surface area (Å²) in [5, 5.41) is 0. The lowest BCUT2D eigenvalue weighted by molar-refractivity contribution is 0.324. The summed E-state index contributed by atoms with van der Waals surface area (Å²) in [6.07, 6.45) is 0.739. The fourth-order valence-electron chi connectivity index (χ4n) is 2.98. The number of nitrogens with one attached hydrogen (secondary N) is 1. The molecule has 25 heavy (non-hydrogen) atoms. The van der Waals surface area contributed by atoms with Crippen LogP contribution in [0.2, 0.25) is 0 Å². The lowest BCUT2D eigenvalue weighted by Gasteiger charge is -2.17. The molecule has 2 aromatic rings. The summed E-state index contributed by atoms with van der Waals surface area (Å²) in [7, 11) is -3.76. The molecule has 1 fully saturated rings. The topological polar surface area (TPSA) is 49.4 Å². The van der Waals surface area contributed by atoms with Crippen molar-refractivity contribution in [3.8, 4) is 0 Å². The Hall–Kier alpha value is -0.800. The van der Waals surface area contributed by atoms with Gasteiger partial charge in [-0.1, -0.05) is 30.3 Å². The van der Waals surface area contributed by atoms with Crippen molar-refractivity contribution in [3.63, 3.8) is 0 Å². The third-order valence-electron chi connectivity index (χ3n) is 4.07. The number of nitrogens with zero attached hydrogens (tertiary/aromatic N) is 1. The molecule has 0 saturated carbocycles. The van der Waals surface area contributed by atoms with Crippen LogP contribution in [0.15, 0.2) is 56.3 Å². The Bertz CT molecular complexity index is 839. The minimum absolute atomic E-state index is 0.0235. The zero-order valence-electron chi connectivity index (χ0n) is 13.3. The van der Waals surface area contributed by atoms with Crippen LogP contribution in [-0.2, 0) is 16.6 Å². The molecule has 4 nitrogen and oxygen atoms in total. The lowest BCUT2D eigenvalue weighted by atomic mass is 10.2. The second-order valence-electron chi connectivity index (χ2n) is 6.03. The maximum Gasteiger partial charge on any atom is 0.243 e. The molecule has 1 atom stereocenters. The van der Waals surface area contributed by atoms with Crippen molar-refractivity contribution in [2.45, 2.75) is 23.9 Å². The van der Waals surface area contributed by atoms with Gasteiger partial charge in [0.1, 0.15) is 10.7 Å². The highest BCUT2D eigenvalue weighted by molar-refractivity contribution is 9.11. The number of likely N-dealkylation sites (tertiary alicyclic amines) is 1. The van der Waals surface area contributed by atoms with E-state index in [0.717, 1.165) is 31.6 Å². The van der Waals surface area contributed by atoms with Crippen molar-refractivity contribution in [1.82, 2.24) is 9.62 Å². The van der Waals surface area contributed by atoms with Gasteiger partial charge in [-0.25, -0.2) is 17.5 Å². The number of halogens is 3. The molecule has 0 aliphatic carbocycles. The molecule has 1 unspecified atom stereocenters. The number of benzene rings is 2. The van der Waals surface area contributed by atoms with Crippen LogP contribution in [0, 0.1) is 5.82 Å². The van der Waals surface area contributed by atoms with E-state index in [1.807, 2.05) is 18.2 Å². The van der Waals surface area contributed by atoms with Gasteiger partial charge in [0.05, 0.1) is 0 Å². The Kier molecular flexibility index (Phi) is 5.95. The molecule has 1 aliphatic heterocycles. The van der Waals surface area contributed by atoms with E-state index in [9.17, 15) is 12.8 Å². The van der Waals surface area contributed by atoms with E-state index in [-0.39, 0.29) is 19.9 Å². The van der Waals surface area contributed by atoms with Crippen LogP contribution in [0.25, 0.3) is 0 Å². The van der Waals surface area contributed by atoms with Crippen LogP contribution in [0.3, 0.4) is 0 Å². The van der Waals surface area contributed by atoms with Gasteiger partial charge in [-0.3, -0.25) is 4.90 Å². The summed E-state index contributed by atoms with van der Waals surface area (Å²) < 4.78 is 41.9. The first kappa shape index (κ1) is 19.0. The molecule has 1 aliphatic rings. The molecule has 0 bridgehead atoms. The van der Waals surface area contributed by atoms with Crippen molar-refractivity contribution in [3.05, 3.63) is 62.8 Å². The normalized spacial score (nSPS) is 18.6. The minimum atomic E-state index is -3.76. The second kappa shape index (κ2) is 7.84. The van der Waals surface area contributed by atoms with Gasteiger partial charge in [-0.05, 0) is 56.0 Å². The monoisotopic (exact) mass is 490 g/mol. The fourth-order valence-corrected chi connectivity index (χ4v) is 6.77. The number of sulfonamides is 1. The quantitative estimate of drug-likeness (QED) is 0.689. The Morgan fingerprint density at radius 3 is 2.44 bits per heavy atom. The van der Waals surface area contributed by atoms with E-state index in [1.54, 1.807) is 0 Å². The van der Waals surface area contributed by atoms with Crippen LogP contribution in [0.1, 0.15) is 12.0 Å². The first-order valence-corrected chi connectivity index (χ1v) is 10.9. The summed E-state index contributed by atoms with van der Waals surface area (Å²) in [4.78, 5) is 2.24. The molecular weight excluding hydrogens is 475 g/mol. The Morgan fingerprint density at radius 1 is 1.16 bits per heavy atom. The molecule has 0 amide bonds. The first-order chi connectivity index (χ1) is 11.8. The Balaban J connectivity index is 1.69. The van der Waals surface area contributed by atoms with Crippen LogP contribution in [0.5, 0.6) is 0 Å². The highest BCUT2D eigenvalue weighted by Gasteiger charge is 2.29. The van der Waals surface area contributed by atoms with Gasteiger partial charge in [0.25, 0.3) is 0 Å². The number of hydrogen-bond acceptors (Lipinski definition) is 3. The zero-order valence-corrected chi connectivity index (χ0v) is 17.2. The van der Waals surface area contributed by atoms with Crippen molar-refractivity contribution >= 4 is 41.9 Å². The zero-order chi connectivity index (χ0) is 18.0. The van der Waals surface area contributed by atoms with Crippen LogP contribution in [0.4, 0.5) is 4.39 Å². The molecule has 1 N–H and O–H groups in total. The number of hydrogen-bond donors (Lipinski definition) is 1. The standard InChI is InChI=1S/C17H17Br2FN2O2S/c18-15-8-13(20)9-16(19)17(15)25(23,24)21-14-6-7-22(11-14)10-12-4-2-1-3-5-12/h1-5,8-9,14,21H,6-7,10-11H2. The maximum absolute atomic E-state index is 13.4. The maximum atomic E-state index is 13.4. The summed E-state index contributed by atoms with van der Waals surface area (Å²) in [6, 6.07) is 12.2. The van der Waals surface area contributed by atoms with Crippen molar-refractivity contribution < 1.29 is 12.8 Å². The highest BCUT2D eigenvalue weighted by atomic mass is 79.9. The predicted octanol–water partition coefficient (Wildman–Crippen LogP) is 3.90. The Labute approximate surface area is 163 Å². The van der Waals surface area contributed by atoms with Gasteiger partial charge >= 0.3 is 0 Å². The summed E-state index contributed by atoms with van der Waals surface area (Å²) in [5.41, 5.74) is 1.20.